The van der Waals surface area contributed by atoms with Crippen LogP contribution in [0.1, 0.15) is 25.7 Å². The third-order valence-corrected chi connectivity index (χ3v) is 6.36. The van der Waals surface area contributed by atoms with E-state index >= 15 is 0 Å². The Hall–Kier alpha value is -1.64. The summed E-state index contributed by atoms with van der Waals surface area (Å²) >= 11 is 0. The molecule has 0 radical (unpaired) electrons. The summed E-state index contributed by atoms with van der Waals surface area (Å²) in [6, 6.07) is 9.91. The van der Waals surface area contributed by atoms with Gasteiger partial charge in [-0.15, -0.1) is 0 Å². The van der Waals surface area contributed by atoms with Crippen LogP contribution in [0.5, 0.6) is 5.75 Å². The molecule has 0 spiro atoms. The van der Waals surface area contributed by atoms with E-state index < -0.39 is 10.0 Å². The molecule has 8 heteroatoms. The second-order valence-corrected chi connectivity index (χ2v) is 8.52. The summed E-state index contributed by atoms with van der Waals surface area (Å²) in [6.45, 7) is 1.23. The Morgan fingerprint density at radius 3 is 2.31 bits per heavy atom. The van der Waals surface area contributed by atoms with E-state index in [1.54, 1.807) is 7.05 Å². The standard InChI is InChI=1S/C17H28N2O3S.CH2O2/c1-18(16-8-6-7-9-16)12-13-19(2)23(20,21)15-14-22-17-10-4-3-5-11-17;2-1-3/h3-5,10-11,16H,6-9,12-15H2,1-2H3;1H,(H,2,3). The summed E-state index contributed by atoms with van der Waals surface area (Å²) < 4.78 is 31.5. The number of rotatable bonds is 9. The van der Waals surface area contributed by atoms with E-state index in [0.29, 0.717) is 18.3 Å². The number of benzene rings is 1. The van der Waals surface area contributed by atoms with Crippen LogP contribution in [0.15, 0.2) is 30.3 Å². The van der Waals surface area contributed by atoms with Crippen molar-refractivity contribution < 1.29 is 23.1 Å². The highest BCUT2D eigenvalue weighted by Gasteiger charge is 2.22. The van der Waals surface area contributed by atoms with Crippen molar-refractivity contribution in [2.24, 2.45) is 0 Å². The van der Waals surface area contributed by atoms with Gasteiger partial charge in [-0.1, -0.05) is 31.0 Å². The average Bonchev–Trinajstić information content (AvgIpc) is 3.15. The number of para-hydroxylation sites is 1. The van der Waals surface area contributed by atoms with Gasteiger partial charge in [0, 0.05) is 26.2 Å². The van der Waals surface area contributed by atoms with Gasteiger partial charge in [-0.25, -0.2) is 12.7 Å². The molecule has 0 unspecified atom stereocenters. The summed E-state index contributed by atoms with van der Waals surface area (Å²) in [4.78, 5) is 10.7. The van der Waals surface area contributed by atoms with E-state index in [2.05, 4.69) is 11.9 Å². The van der Waals surface area contributed by atoms with Crippen molar-refractivity contribution in [2.45, 2.75) is 31.7 Å². The van der Waals surface area contributed by atoms with E-state index in [9.17, 15) is 8.42 Å². The number of nitrogens with zero attached hydrogens (tertiary/aromatic N) is 2. The number of hydrogen-bond acceptors (Lipinski definition) is 5. The van der Waals surface area contributed by atoms with Gasteiger partial charge in [0.2, 0.25) is 10.0 Å². The number of hydrogen-bond donors (Lipinski definition) is 1. The number of sulfonamides is 1. The van der Waals surface area contributed by atoms with Crippen molar-refractivity contribution in [3.63, 3.8) is 0 Å². The van der Waals surface area contributed by atoms with Gasteiger partial charge in [-0.2, -0.15) is 0 Å². The van der Waals surface area contributed by atoms with Gasteiger partial charge >= 0.3 is 0 Å². The first-order chi connectivity index (χ1) is 12.4. The maximum atomic E-state index is 12.3. The van der Waals surface area contributed by atoms with Gasteiger partial charge in [-0.3, -0.25) is 4.79 Å². The molecule has 0 amide bonds. The highest BCUT2D eigenvalue weighted by molar-refractivity contribution is 7.89. The number of carboxylic acid groups (broad SMARTS) is 1. The fourth-order valence-electron chi connectivity index (χ4n) is 2.90. The highest BCUT2D eigenvalue weighted by atomic mass is 32.2. The van der Waals surface area contributed by atoms with E-state index in [4.69, 9.17) is 14.6 Å². The first kappa shape index (κ1) is 22.4. The van der Waals surface area contributed by atoms with Crippen LogP contribution in [0.3, 0.4) is 0 Å². The third-order valence-electron chi connectivity index (χ3n) is 4.54. The molecule has 1 aromatic rings. The topological polar surface area (TPSA) is 87.2 Å². The predicted octanol–water partition coefficient (Wildman–Crippen LogP) is 1.90. The van der Waals surface area contributed by atoms with Crippen molar-refractivity contribution in [2.75, 3.05) is 39.5 Å². The minimum atomic E-state index is -3.27. The molecule has 1 aromatic carbocycles. The van der Waals surface area contributed by atoms with Crippen molar-refractivity contribution >= 4 is 16.5 Å². The van der Waals surface area contributed by atoms with E-state index in [1.165, 1.54) is 30.0 Å². The molecule has 1 saturated carbocycles. The summed E-state index contributed by atoms with van der Waals surface area (Å²) in [6.07, 6.45) is 5.05. The molecule has 1 aliphatic carbocycles. The molecule has 26 heavy (non-hydrogen) atoms. The molecule has 0 atom stereocenters. The number of likely N-dealkylation sites (N-methyl/N-ethyl adjacent to an activating group) is 2. The van der Waals surface area contributed by atoms with Gasteiger partial charge in [-0.05, 0) is 32.0 Å². The maximum absolute atomic E-state index is 12.3. The van der Waals surface area contributed by atoms with Crippen LogP contribution in [-0.2, 0) is 14.8 Å². The minimum absolute atomic E-state index is 0.00549. The smallest absolute Gasteiger partial charge is 0.290 e. The normalized spacial score (nSPS) is 14.9. The molecule has 0 heterocycles. The first-order valence-electron chi connectivity index (χ1n) is 8.80. The Morgan fingerprint density at radius 2 is 1.73 bits per heavy atom. The molecule has 1 aliphatic rings. The molecule has 1 fully saturated rings. The van der Waals surface area contributed by atoms with Crippen LogP contribution in [0, 0.1) is 0 Å². The summed E-state index contributed by atoms with van der Waals surface area (Å²) in [7, 11) is 0.477. The summed E-state index contributed by atoms with van der Waals surface area (Å²) in [5, 5.41) is 6.89. The molecular weight excluding hydrogens is 356 g/mol. The molecule has 0 bridgehead atoms. The zero-order valence-electron chi connectivity index (χ0n) is 15.6. The van der Waals surface area contributed by atoms with Gasteiger partial charge in [0.1, 0.15) is 12.4 Å². The number of ether oxygens (including phenoxy) is 1. The van der Waals surface area contributed by atoms with Crippen LogP contribution in [0.4, 0.5) is 0 Å². The van der Waals surface area contributed by atoms with Gasteiger partial charge in [0.15, 0.2) is 0 Å². The van der Waals surface area contributed by atoms with Crippen molar-refractivity contribution in [3.05, 3.63) is 30.3 Å². The van der Waals surface area contributed by atoms with Gasteiger partial charge in [0.05, 0.1) is 5.75 Å². The van der Waals surface area contributed by atoms with Crippen molar-refractivity contribution in [3.8, 4) is 5.75 Å². The van der Waals surface area contributed by atoms with Crippen LogP contribution >= 0.6 is 0 Å². The molecule has 0 aromatic heterocycles. The third kappa shape index (κ3) is 8.16. The molecule has 2 rings (SSSR count). The maximum Gasteiger partial charge on any atom is 0.290 e. The van der Waals surface area contributed by atoms with Crippen molar-refractivity contribution in [1.82, 2.24) is 9.21 Å². The Labute approximate surface area is 156 Å². The van der Waals surface area contributed by atoms with Gasteiger partial charge in [0.25, 0.3) is 6.47 Å². The molecule has 7 nitrogen and oxygen atoms in total. The lowest BCUT2D eigenvalue weighted by Gasteiger charge is -2.26. The zero-order chi connectivity index (χ0) is 19.4. The lowest BCUT2D eigenvalue weighted by Crippen LogP contribution is -2.39. The predicted molar refractivity (Wildman–Crippen MR) is 102 cm³/mol. The lowest BCUT2D eigenvalue weighted by atomic mass is 10.2. The number of carbonyl (C=O) groups is 1. The van der Waals surface area contributed by atoms with Crippen molar-refractivity contribution in [1.29, 1.82) is 0 Å². The van der Waals surface area contributed by atoms with E-state index in [-0.39, 0.29) is 18.8 Å². The minimum Gasteiger partial charge on any atom is -0.492 e. The zero-order valence-corrected chi connectivity index (χ0v) is 16.4. The summed E-state index contributed by atoms with van der Waals surface area (Å²) in [5.74, 6) is 0.706. The second kappa shape index (κ2) is 11.9. The average molecular weight is 387 g/mol. The lowest BCUT2D eigenvalue weighted by molar-refractivity contribution is -0.122. The molecule has 148 valence electrons. The Morgan fingerprint density at radius 1 is 1.15 bits per heavy atom. The highest BCUT2D eigenvalue weighted by Crippen LogP contribution is 2.22. The SMILES string of the molecule is CN(CCN(C)S(=O)(=O)CCOc1ccccc1)C1CCCC1.O=CO. The Bertz CT molecular complexity index is 603. The van der Waals surface area contributed by atoms with Crippen LogP contribution in [0.2, 0.25) is 0 Å². The Kier molecular flexibility index (Phi) is 10.2. The molecule has 0 saturated heterocycles. The van der Waals surface area contributed by atoms with Crippen LogP contribution in [-0.4, -0.2) is 74.8 Å². The van der Waals surface area contributed by atoms with E-state index in [0.717, 1.165) is 6.54 Å². The van der Waals surface area contributed by atoms with Crippen LogP contribution < -0.4 is 4.74 Å². The van der Waals surface area contributed by atoms with Crippen LogP contribution in [0.25, 0.3) is 0 Å². The van der Waals surface area contributed by atoms with Gasteiger partial charge < -0.3 is 14.7 Å². The monoisotopic (exact) mass is 386 g/mol. The Balaban J connectivity index is 0.00000105. The fraction of sp³-hybridized carbons (Fsp3) is 0.611. The summed E-state index contributed by atoms with van der Waals surface area (Å²) in [5.41, 5.74) is 0. The quantitative estimate of drug-likeness (QED) is 0.652. The fourth-order valence-corrected chi connectivity index (χ4v) is 3.87. The first-order valence-corrected chi connectivity index (χ1v) is 10.4. The molecular formula is C18H30N2O5S. The largest absolute Gasteiger partial charge is 0.492 e. The molecule has 0 aliphatic heterocycles. The second-order valence-electron chi connectivity index (χ2n) is 6.32. The molecule has 1 N–H and O–H groups in total. The van der Waals surface area contributed by atoms with E-state index in [1.807, 2.05) is 30.3 Å².